The van der Waals surface area contributed by atoms with E-state index in [-0.39, 0.29) is 5.97 Å². The van der Waals surface area contributed by atoms with Gasteiger partial charge in [0.25, 0.3) is 0 Å². The number of hydrogen-bond donors (Lipinski definition) is 1. The van der Waals surface area contributed by atoms with E-state index in [2.05, 4.69) is 12.6 Å². The molecule has 0 radical (unpaired) electrons. The van der Waals surface area contributed by atoms with E-state index in [1.54, 1.807) is 31.2 Å². The predicted octanol–water partition coefficient (Wildman–Crippen LogP) is 2.15. The van der Waals surface area contributed by atoms with Crippen LogP contribution in [0.1, 0.15) is 17.3 Å². The maximum Gasteiger partial charge on any atom is 0.338 e. The average molecular weight is 182 g/mol. The molecule has 0 fully saturated rings. The van der Waals surface area contributed by atoms with E-state index >= 15 is 0 Å². The largest absolute Gasteiger partial charge is 0.462 e. The molecular weight excluding hydrogens is 172 g/mol. The summed E-state index contributed by atoms with van der Waals surface area (Å²) in [6.45, 7) is 2.19. The molecule has 0 aliphatic rings. The molecule has 64 valence electrons. The Labute approximate surface area is 77.0 Å². The lowest BCUT2D eigenvalue weighted by atomic mass is 10.2. The van der Waals surface area contributed by atoms with Crippen molar-refractivity contribution in [3.63, 3.8) is 0 Å². The van der Waals surface area contributed by atoms with Gasteiger partial charge in [-0.2, -0.15) is 0 Å². The molecule has 1 rings (SSSR count). The summed E-state index contributed by atoms with van der Waals surface area (Å²) >= 11 is 4.10. The lowest BCUT2D eigenvalue weighted by molar-refractivity contribution is 0.0526. The van der Waals surface area contributed by atoms with Gasteiger partial charge in [-0.05, 0) is 31.2 Å². The fourth-order valence-corrected chi connectivity index (χ4v) is 0.961. The van der Waals surface area contributed by atoms with Gasteiger partial charge in [-0.15, -0.1) is 12.6 Å². The number of thiol groups is 1. The van der Waals surface area contributed by atoms with Crippen molar-refractivity contribution in [1.82, 2.24) is 0 Å². The second kappa shape index (κ2) is 4.16. The van der Waals surface area contributed by atoms with Gasteiger partial charge in [-0.25, -0.2) is 4.79 Å². The molecule has 1 aromatic carbocycles. The zero-order chi connectivity index (χ0) is 8.97. The predicted molar refractivity (Wildman–Crippen MR) is 49.7 cm³/mol. The second-order valence-electron chi connectivity index (χ2n) is 2.27. The van der Waals surface area contributed by atoms with Crippen LogP contribution in [0.3, 0.4) is 0 Å². The van der Waals surface area contributed by atoms with Crippen LogP contribution in [0.5, 0.6) is 0 Å². The van der Waals surface area contributed by atoms with E-state index < -0.39 is 0 Å². The van der Waals surface area contributed by atoms with Gasteiger partial charge in [0, 0.05) is 4.90 Å². The molecule has 0 N–H and O–H groups in total. The molecular formula is C9H10O2S. The summed E-state index contributed by atoms with van der Waals surface area (Å²) in [5.74, 6) is -0.286. The second-order valence-corrected chi connectivity index (χ2v) is 2.78. The third kappa shape index (κ3) is 2.27. The van der Waals surface area contributed by atoms with Crippen LogP contribution >= 0.6 is 12.6 Å². The Morgan fingerprint density at radius 3 is 2.50 bits per heavy atom. The molecule has 0 bridgehead atoms. The fraction of sp³-hybridized carbons (Fsp3) is 0.222. The van der Waals surface area contributed by atoms with Crippen LogP contribution in [0.25, 0.3) is 0 Å². The lowest BCUT2D eigenvalue weighted by Gasteiger charge is -2.00. The Morgan fingerprint density at radius 1 is 1.42 bits per heavy atom. The first-order valence-corrected chi connectivity index (χ1v) is 4.15. The van der Waals surface area contributed by atoms with Gasteiger partial charge < -0.3 is 4.74 Å². The molecule has 0 heterocycles. The lowest BCUT2D eigenvalue weighted by Crippen LogP contribution is -2.03. The van der Waals surface area contributed by atoms with E-state index in [1.165, 1.54) is 0 Å². The summed E-state index contributed by atoms with van der Waals surface area (Å²) in [7, 11) is 0. The van der Waals surface area contributed by atoms with Crippen molar-refractivity contribution < 1.29 is 9.53 Å². The Morgan fingerprint density at radius 2 is 2.00 bits per heavy atom. The molecule has 0 atom stereocenters. The molecule has 2 nitrogen and oxygen atoms in total. The van der Waals surface area contributed by atoms with Crippen molar-refractivity contribution in [2.45, 2.75) is 11.8 Å². The van der Waals surface area contributed by atoms with Crippen LogP contribution in [0, 0.1) is 0 Å². The number of ether oxygens (including phenoxy) is 1. The fourth-order valence-electron chi connectivity index (χ4n) is 0.812. The molecule has 3 heteroatoms. The van der Waals surface area contributed by atoms with Gasteiger partial charge in [-0.3, -0.25) is 0 Å². The zero-order valence-corrected chi connectivity index (χ0v) is 7.67. The van der Waals surface area contributed by atoms with Crippen LogP contribution in [-0.4, -0.2) is 12.6 Å². The van der Waals surface area contributed by atoms with Crippen LogP contribution in [-0.2, 0) is 4.74 Å². The highest BCUT2D eigenvalue weighted by Gasteiger charge is 2.03. The first kappa shape index (κ1) is 9.13. The normalized spacial score (nSPS) is 9.50. The van der Waals surface area contributed by atoms with Gasteiger partial charge in [0.05, 0.1) is 12.2 Å². The van der Waals surface area contributed by atoms with Crippen LogP contribution < -0.4 is 0 Å². The summed E-state index contributed by atoms with van der Waals surface area (Å²) < 4.78 is 4.80. The summed E-state index contributed by atoms with van der Waals surface area (Å²) in [6.07, 6.45) is 0. The molecule has 0 saturated carbocycles. The molecule has 1 aromatic rings. The van der Waals surface area contributed by atoms with Gasteiger partial charge in [-0.1, -0.05) is 0 Å². The van der Waals surface area contributed by atoms with Crippen LogP contribution in [0.2, 0.25) is 0 Å². The van der Waals surface area contributed by atoms with Crippen molar-refractivity contribution >= 4 is 18.6 Å². The van der Waals surface area contributed by atoms with E-state index in [0.29, 0.717) is 12.2 Å². The minimum absolute atomic E-state index is 0.286. The molecule has 0 spiro atoms. The Bertz CT molecular complexity index is 266. The van der Waals surface area contributed by atoms with E-state index in [1.807, 2.05) is 0 Å². The summed E-state index contributed by atoms with van der Waals surface area (Å²) in [6, 6.07) is 6.91. The maximum atomic E-state index is 11.1. The van der Waals surface area contributed by atoms with E-state index in [0.717, 1.165) is 4.90 Å². The highest BCUT2D eigenvalue weighted by molar-refractivity contribution is 7.80. The first-order valence-electron chi connectivity index (χ1n) is 3.70. The quantitative estimate of drug-likeness (QED) is 0.560. The molecule has 12 heavy (non-hydrogen) atoms. The topological polar surface area (TPSA) is 26.3 Å². The third-order valence-corrected chi connectivity index (χ3v) is 1.68. The molecule has 0 unspecified atom stereocenters. The molecule has 0 amide bonds. The highest BCUT2D eigenvalue weighted by atomic mass is 32.1. The Balaban J connectivity index is 2.75. The molecule has 0 aliphatic carbocycles. The highest BCUT2D eigenvalue weighted by Crippen LogP contribution is 2.08. The number of hydrogen-bond acceptors (Lipinski definition) is 3. The van der Waals surface area contributed by atoms with Crippen molar-refractivity contribution in [2.24, 2.45) is 0 Å². The minimum Gasteiger partial charge on any atom is -0.462 e. The van der Waals surface area contributed by atoms with E-state index in [4.69, 9.17) is 4.74 Å². The average Bonchev–Trinajstić information content (AvgIpc) is 2.06. The molecule has 0 aliphatic heterocycles. The van der Waals surface area contributed by atoms with Gasteiger partial charge in [0.1, 0.15) is 0 Å². The summed E-state index contributed by atoms with van der Waals surface area (Å²) in [5, 5.41) is 0. The Kier molecular flexibility index (Phi) is 3.17. The first-order chi connectivity index (χ1) is 5.74. The van der Waals surface area contributed by atoms with Crippen molar-refractivity contribution in [3.8, 4) is 0 Å². The summed E-state index contributed by atoms with van der Waals surface area (Å²) in [5.41, 5.74) is 0.564. The number of rotatable bonds is 2. The number of carbonyl (C=O) groups excluding carboxylic acids is 1. The van der Waals surface area contributed by atoms with Gasteiger partial charge in [0.15, 0.2) is 0 Å². The smallest absolute Gasteiger partial charge is 0.338 e. The maximum absolute atomic E-state index is 11.1. The standard InChI is InChI=1S/C9H10O2S/c1-2-11-9(10)7-3-5-8(12)6-4-7/h3-6,12H,2H2,1H3. The van der Waals surface area contributed by atoms with E-state index in [9.17, 15) is 4.79 Å². The van der Waals surface area contributed by atoms with Crippen molar-refractivity contribution in [2.75, 3.05) is 6.61 Å². The van der Waals surface area contributed by atoms with Crippen LogP contribution in [0.15, 0.2) is 29.2 Å². The van der Waals surface area contributed by atoms with Crippen LogP contribution in [0.4, 0.5) is 0 Å². The molecule has 0 saturated heterocycles. The number of esters is 1. The SMILES string of the molecule is CCOC(=O)c1ccc(S)cc1. The third-order valence-electron chi connectivity index (χ3n) is 1.38. The summed E-state index contributed by atoms with van der Waals surface area (Å²) in [4.78, 5) is 11.9. The zero-order valence-electron chi connectivity index (χ0n) is 6.78. The minimum atomic E-state index is -0.286. The number of carbonyl (C=O) groups is 1. The van der Waals surface area contributed by atoms with Crippen molar-refractivity contribution in [1.29, 1.82) is 0 Å². The monoisotopic (exact) mass is 182 g/mol. The van der Waals surface area contributed by atoms with Gasteiger partial charge >= 0.3 is 5.97 Å². The Hall–Kier alpha value is -0.960. The van der Waals surface area contributed by atoms with Crippen molar-refractivity contribution in [3.05, 3.63) is 29.8 Å². The molecule has 0 aromatic heterocycles. The number of benzene rings is 1. The van der Waals surface area contributed by atoms with Gasteiger partial charge in [0.2, 0.25) is 0 Å².